The van der Waals surface area contributed by atoms with Crippen molar-refractivity contribution in [1.82, 2.24) is 0 Å². The van der Waals surface area contributed by atoms with E-state index in [2.05, 4.69) is 53.9 Å². The predicted molar refractivity (Wildman–Crippen MR) is 152 cm³/mol. The van der Waals surface area contributed by atoms with E-state index in [9.17, 15) is 4.79 Å². The molecule has 2 rings (SSSR count). The van der Waals surface area contributed by atoms with Crippen molar-refractivity contribution in [3.05, 3.63) is 115 Å². The number of carbonyl (C=O) groups is 1. The summed E-state index contributed by atoms with van der Waals surface area (Å²) in [5.41, 5.74) is 12.0. The van der Waals surface area contributed by atoms with Crippen molar-refractivity contribution in [3.8, 4) is 11.8 Å². The molecule has 1 aromatic carbocycles. The second kappa shape index (κ2) is 18.9. The number of thioether (sulfide) groups is 1. The summed E-state index contributed by atoms with van der Waals surface area (Å²) in [6, 6.07) is 6.26. The van der Waals surface area contributed by atoms with Crippen LogP contribution in [0.4, 0.5) is 5.69 Å². The number of allylic oxidation sites excluding steroid dienone is 8. The van der Waals surface area contributed by atoms with Gasteiger partial charge in [-0.1, -0.05) is 87.1 Å². The fraction of sp³-hybridized carbons (Fsp3) is 0.200. The molecule has 0 saturated carbocycles. The molecule has 3 nitrogen and oxygen atoms in total. The number of amides is 1. The molecule has 1 heterocycles. The molecule has 0 radical (unpaired) electrons. The summed E-state index contributed by atoms with van der Waals surface area (Å²) < 4.78 is 0. The van der Waals surface area contributed by atoms with Crippen LogP contribution in [0, 0.1) is 11.8 Å². The minimum atomic E-state index is -0.391. The average Bonchev–Trinajstić information content (AvgIpc) is 3.25. The fourth-order valence-electron chi connectivity index (χ4n) is 2.55. The smallest absolute Gasteiger partial charge is 0.241 e. The van der Waals surface area contributed by atoms with Gasteiger partial charge in [-0.15, -0.1) is 5.73 Å². The third kappa shape index (κ3) is 11.8. The second-order valence-corrected chi connectivity index (χ2v) is 7.51. The molecule has 178 valence electrons. The minimum Gasteiger partial charge on any atom is -0.368 e. The molecule has 0 fully saturated rings. The topological polar surface area (TPSA) is 55.1 Å². The van der Waals surface area contributed by atoms with E-state index in [1.807, 2.05) is 70.2 Å². The summed E-state index contributed by atoms with van der Waals surface area (Å²) in [7, 11) is 0. The quantitative estimate of drug-likeness (QED) is 0.195. The first kappa shape index (κ1) is 30.4. The van der Waals surface area contributed by atoms with Crippen LogP contribution in [0.15, 0.2) is 114 Å². The maximum Gasteiger partial charge on any atom is 0.241 e. The zero-order valence-electron chi connectivity index (χ0n) is 20.9. The van der Waals surface area contributed by atoms with Gasteiger partial charge in [0, 0.05) is 21.7 Å². The number of fused-ring (bicyclic) bond motifs is 1. The number of carbonyl (C=O) groups excluding carboxylic acids is 1. The van der Waals surface area contributed by atoms with E-state index in [4.69, 9.17) is 0 Å². The molecule has 1 aliphatic rings. The van der Waals surface area contributed by atoms with Gasteiger partial charge in [0.2, 0.25) is 5.91 Å². The molecule has 0 aromatic heterocycles. The molecule has 0 aliphatic carbocycles. The Labute approximate surface area is 210 Å². The van der Waals surface area contributed by atoms with E-state index in [0.29, 0.717) is 0 Å². The normalized spacial score (nSPS) is 14.1. The number of rotatable bonds is 6. The highest BCUT2D eigenvalue weighted by atomic mass is 32.2. The molecule has 1 atom stereocenters. The van der Waals surface area contributed by atoms with E-state index in [0.717, 1.165) is 22.4 Å². The summed E-state index contributed by atoms with van der Waals surface area (Å²) in [4.78, 5) is 10.9. The van der Waals surface area contributed by atoms with Gasteiger partial charge in [0.05, 0.1) is 0 Å². The second-order valence-electron chi connectivity index (χ2n) is 6.37. The van der Waals surface area contributed by atoms with Crippen LogP contribution in [0.3, 0.4) is 0 Å². The highest BCUT2D eigenvalue weighted by Gasteiger charge is 2.23. The Bertz CT molecular complexity index is 1070. The zero-order valence-corrected chi connectivity index (χ0v) is 21.7. The van der Waals surface area contributed by atoms with Crippen LogP contribution in [0.1, 0.15) is 40.2 Å². The van der Waals surface area contributed by atoms with E-state index < -0.39 is 5.91 Å². The molecule has 1 aromatic rings. The molecule has 0 spiro atoms. The van der Waals surface area contributed by atoms with Gasteiger partial charge in [-0.2, -0.15) is 0 Å². The summed E-state index contributed by atoms with van der Waals surface area (Å²) in [6.07, 6.45) is 18.2. The minimum absolute atomic E-state index is 0.151. The van der Waals surface area contributed by atoms with Crippen LogP contribution in [0.2, 0.25) is 0 Å². The lowest BCUT2D eigenvalue weighted by Gasteiger charge is -2.10. The van der Waals surface area contributed by atoms with Crippen LogP contribution in [0.25, 0.3) is 0 Å². The summed E-state index contributed by atoms with van der Waals surface area (Å²) in [6.45, 7) is 17.2. The zero-order chi connectivity index (χ0) is 25.8. The lowest BCUT2D eigenvalue weighted by atomic mass is 10.1. The van der Waals surface area contributed by atoms with Crippen molar-refractivity contribution in [1.29, 1.82) is 0 Å². The van der Waals surface area contributed by atoms with Crippen LogP contribution in [-0.2, 0) is 4.79 Å². The number of hydrogen-bond acceptors (Lipinski definition) is 3. The lowest BCUT2D eigenvalue weighted by molar-refractivity contribution is -0.113. The van der Waals surface area contributed by atoms with E-state index in [1.165, 1.54) is 11.0 Å². The average molecular weight is 473 g/mol. The highest BCUT2D eigenvalue weighted by Crippen LogP contribution is 2.41. The van der Waals surface area contributed by atoms with E-state index in [1.54, 1.807) is 36.9 Å². The number of nitrogens with two attached hydrogens (primary N) is 1. The number of anilines is 1. The molecule has 0 bridgehead atoms. The van der Waals surface area contributed by atoms with Crippen molar-refractivity contribution in [2.24, 2.45) is 5.73 Å². The Hall–Kier alpha value is -3.64. The van der Waals surface area contributed by atoms with Gasteiger partial charge in [-0.05, 0) is 68.8 Å². The van der Waals surface area contributed by atoms with E-state index >= 15 is 0 Å². The van der Waals surface area contributed by atoms with Crippen molar-refractivity contribution < 1.29 is 4.79 Å². The van der Waals surface area contributed by atoms with Gasteiger partial charge >= 0.3 is 0 Å². The molecule has 3 N–H and O–H groups in total. The Kier molecular flexibility index (Phi) is 16.9. The first-order valence-electron chi connectivity index (χ1n) is 11.2. The molecule has 34 heavy (non-hydrogen) atoms. The number of benzene rings is 1. The first-order chi connectivity index (χ1) is 16.5. The molecule has 1 unspecified atom stereocenters. The number of hydrogen-bond donors (Lipinski definition) is 2. The first-order valence-corrected chi connectivity index (χ1v) is 12.0. The van der Waals surface area contributed by atoms with Crippen LogP contribution >= 0.6 is 11.8 Å². The van der Waals surface area contributed by atoms with Crippen molar-refractivity contribution in [2.75, 3.05) is 5.32 Å². The highest BCUT2D eigenvalue weighted by molar-refractivity contribution is 8.00. The maximum absolute atomic E-state index is 9.73. The largest absolute Gasteiger partial charge is 0.368 e. The van der Waals surface area contributed by atoms with Crippen molar-refractivity contribution in [3.63, 3.8) is 0 Å². The standard InChI is InChI=1S/C24H23NS.C4H7NO.C2H6/c1-5-9-13-21(12-8-4)24-25-22-17-16-20(18-23(22)26-24)15-14-19(10-6-2)11-7-3;1-2-3-4(5)6;1-2/h5-8,10-13,16-18,24-25H,2,4H2,1,3H3;2-3H,1H3,(H2,5,6);1-2H3/b11-7-,19-10+,21-12+;3-2+;. The third-order valence-corrected chi connectivity index (χ3v) is 5.09. The van der Waals surface area contributed by atoms with Crippen LogP contribution in [-0.4, -0.2) is 11.3 Å². The fourth-order valence-corrected chi connectivity index (χ4v) is 3.72. The molecular formula is C30H36N2OS. The third-order valence-electron chi connectivity index (χ3n) is 3.87. The summed E-state index contributed by atoms with van der Waals surface area (Å²) in [5, 5.41) is 3.69. The molecule has 4 heteroatoms. The molecule has 1 amide bonds. The summed E-state index contributed by atoms with van der Waals surface area (Å²) in [5.74, 6) is 6.03. The van der Waals surface area contributed by atoms with Gasteiger partial charge in [0.25, 0.3) is 0 Å². The Morgan fingerprint density at radius 2 is 1.76 bits per heavy atom. The summed E-state index contributed by atoms with van der Waals surface area (Å²) >= 11 is 1.78. The monoisotopic (exact) mass is 472 g/mol. The van der Waals surface area contributed by atoms with Gasteiger partial charge < -0.3 is 11.1 Å². The predicted octanol–water partition coefficient (Wildman–Crippen LogP) is 7.49. The number of nitrogens with one attached hydrogen (secondary N) is 1. The lowest BCUT2D eigenvalue weighted by Crippen LogP contribution is -2.11. The molecular weight excluding hydrogens is 436 g/mol. The van der Waals surface area contributed by atoms with E-state index in [-0.39, 0.29) is 5.37 Å². The Morgan fingerprint density at radius 3 is 2.29 bits per heavy atom. The molecule has 1 aliphatic heterocycles. The Balaban J connectivity index is 0.00000118. The van der Waals surface area contributed by atoms with Gasteiger partial charge in [0.15, 0.2) is 0 Å². The van der Waals surface area contributed by atoms with Crippen molar-refractivity contribution >= 4 is 23.4 Å². The van der Waals surface area contributed by atoms with Crippen LogP contribution in [0.5, 0.6) is 0 Å². The van der Waals surface area contributed by atoms with Gasteiger partial charge in [-0.3, -0.25) is 4.79 Å². The van der Waals surface area contributed by atoms with Crippen molar-refractivity contribution in [2.45, 2.75) is 44.9 Å². The van der Waals surface area contributed by atoms with Gasteiger partial charge in [-0.25, -0.2) is 0 Å². The van der Waals surface area contributed by atoms with Crippen LogP contribution < -0.4 is 11.1 Å². The number of primary amides is 1. The Morgan fingerprint density at radius 1 is 1.09 bits per heavy atom. The molecule has 0 saturated heterocycles. The maximum atomic E-state index is 9.73. The SMILES string of the molecule is C/C=C/C(N)=O.C=C/C=C(C#Cc1ccc2c(c1)SC(/C(C=C=CC)=C/C=C)N2)\C=C/C.CC. The van der Waals surface area contributed by atoms with Gasteiger partial charge in [0.1, 0.15) is 5.37 Å².